The van der Waals surface area contributed by atoms with Crippen LogP contribution in [0.2, 0.25) is 5.15 Å². The van der Waals surface area contributed by atoms with Crippen molar-refractivity contribution in [2.24, 2.45) is 0 Å². The second kappa shape index (κ2) is 5.33. The number of halogens is 1. The highest BCUT2D eigenvalue weighted by molar-refractivity contribution is 6.30. The summed E-state index contributed by atoms with van der Waals surface area (Å²) >= 11 is 6.19. The van der Waals surface area contributed by atoms with Crippen LogP contribution < -0.4 is 4.74 Å². The van der Waals surface area contributed by atoms with Crippen LogP contribution in [0.3, 0.4) is 0 Å². The summed E-state index contributed by atoms with van der Waals surface area (Å²) in [6.07, 6.45) is 0. The van der Waals surface area contributed by atoms with Crippen molar-refractivity contribution in [2.45, 2.75) is 20.8 Å². The Balaban J connectivity index is 2.27. The third kappa shape index (κ3) is 2.23. The Morgan fingerprint density at radius 2 is 1.90 bits per heavy atom. The third-order valence-corrected chi connectivity index (χ3v) is 3.82. The predicted molar refractivity (Wildman–Crippen MR) is 81.9 cm³/mol. The van der Waals surface area contributed by atoms with Gasteiger partial charge in [0.15, 0.2) is 16.6 Å². The molecule has 0 N–H and O–H groups in total. The first-order valence-electron chi connectivity index (χ1n) is 6.73. The molecular formula is C15H15ClN4O. The largest absolute Gasteiger partial charge is 0.493 e. The van der Waals surface area contributed by atoms with Gasteiger partial charge in [0.2, 0.25) is 0 Å². The standard InChI is InChI=1S/C15H15ClN4O/c1-4-21-12-8-6-5-7-11(12)15-18-17-14-10(3)9(2)13(16)19-20(14)15/h5-8H,4H2,1-3H3. The van der Waals surface area contributed by atoms with Gasteiger partial charge in [-0.3, -0.25) is 0 Å². The average Bonchev–Trinajstić information content (AvgIpc) is 2.89. The average molecular weight is 303 g/mol. The molecule has 0 radical (unpaired) electrons. The molecule has 0 bridgehead atoms. The number of rotatable bonds is 3. The van der Waals surface area contributed by atoms with E-state index in [-0.39, 0.29) is 0 Å². The van der Waals surface area contributed by atoms with E-state index < -0.39 is 0 Å². The maximum atomic E-state index is 6.19. The number of para-hydroxylation sites is 1. The Labute approximate surface area is 127 Å². The molecule has 0 fully saturated rings. The molecule has 3 aromatic rings. The van der Waals surface area contributed by atoms with Gasteiger partial charge < -0.3 is 4.74 Å². The summed E-state index contributed by atoms with van der Waals surface area (Å²) < 4.78 is 7.32. The Morgan fingerprint density at radius 3 is 2.67 bits per heavy atom. The summed E-state index contributed by atoms with van der Waals surface area (Å²) in [4.78, 5) is 0. The van der Waals surface area contributed by atoms with Gasteiger partial charge >= 0.3 is 0 Å². The number of ether oxygens (including phenoxy) is 1. The van der Waals surface area contributed by atoms with Crippen LogP contribution in [0.1, 0.15) is 18.1 Å². The fraction of sp³-hybridized carbons (Fsp3) is 0.267. The van der Waals surface area contributed by atoms with Gasteiger partial charge in [-0.05, 0) is 38.5 Å². The number of hydrogen-bond acceptors (Lipinski definition) is 4. The summed E-state index contributed by atoms with van der Waals surface area (Å²) in [7, 11) is 0. The van der Waals surface area contributed by atoms with Crippen molar-refractivity contribution >= 4 is 17.2 Å². The van der Waals surface area contributed by atoms with Crippen LogP contribution >= 0.6 is 11.6 Å². The molecule has 0 aliphatic heterocycles. The number of aryl methyl sites for hydroxylation is 1. The Kier molecular flexibility index (Phi) is 3.51. The Hall–Kier alpha value is -2.14. The van der Waals surface area contributed by atoms with Crippen LogP contribution in [0, 0.1) is 13.8 Å². The van der Waals surface area contributed by atoms with Crippen molar-refractivity contribution in [3.8, 4) is 17.1 Å². The molecule has 0 unspecified atom stereocenters. The first kappa shape index (κ1) is 13.8. The second-order valence-electron chi connectivity index (χ2n) is 4.73. The number of aromatic nitrogens is 4. The van der Waals surface area contributed by atoms with E-state index in [0.717, 1.165) is 22.4 Å². The van der Waals surface area contributed by atoms with Crippen LogP contribution in [0.4, 0.5) is 0 Å². The van der Waals surface area contributed by atoms with E-state index in [2.05, 4.69) is 15.3 Å². The van der Waals surface area contributed by atoms with Crippen LogP contribution in [0.25, 0.3) is 17.0 Å². The molecule has 0 atom stereocenters. The maximum Gasteiger partial charge on any atom is 0.189 e. The third-order valence-electron chi connectivity index (χ3n) is 3.46. The van der Waals surface area contributed by atoms with Gasteiger partial charge in [-0.2, -0.15) is 9.61 Å². The topological polar surface area (TPSA) is 52.3 Å². The molecule has 0 aliphatic rings. The summed E-state index contributed by atoms with van der Waals surface area (Å²) in [6.45, 7) is 6.42. The second-order valence-corrected chi connectivity index (χ2v) is 5.09. The minimum absolute atomic E-state index is 0.454. The van der Waals surface area contributed by atoms with Gasteiger partial charge in [0.1, 0.15) is 5.75 Å². The van der Waals surface area contributed by atoms with Crippen molar-refractivity contribution in [3.63, 3.8) is 0 Å². The summed E-state index contributed by atoms with van der Waals surface area (Å²) in [5.41, 5.74) is 3.45. The molecule has 6 heteroatoms. The molecule has 2 aromatic heterocycles. The number of benzene rings is 1. The summed E-state index contributed by atoms with van der Waals surface area (Å²) in [5, 5.41) is 13.3. The van der Waals surface area contributed by atoms with Gasteiger partial charge in [0, 0.05) is 5.56 Å². The van der Waals surface area contributed by atoms with Crippen LogP contribution in [-0.2, 0) is 0 Å². The van der Waals surface area contributed by atoms with E-state index in [9.17, 15) is 0 Å². The quantitative estimate of drug-likeness (QED) is 0.743. The molecule has 1 aromatic carbocycles. The van der Waals surface area contributed by atoms with E-state index in [1.54, 1.807) is 4.52 Å². The van der Waals surface area contributed by atoms with Crippen LogP contribution in [-0.4, -0.2) is 26.4 Å². The molecule has 3 rings (SSSR count). The van der Waals surface area contributed by atoms with Crippen molar-refractivity contribution in [2.75, 3.05) is 6.61 Å². The molecule has 0 saturated carbocycles. The van der Waals surface area contributed by atoms with Gasteiger partial charge in [-0.25, -0.2) is 0 Å². The highest BCUT2D eigenvalue weighted by Gasteiger charge is 2.17. The Morgan fingerprint density at radius 1 is 1.14 bits per heavy atom. The van der Waals surface area contributed by atoms with Gasteiger partial charge in [-0.1, -0.05) is 23.7 Å². The first-order valence-corrected chi connectivity index (χ1v) is 7.11. The zero-order valence-corrected chi connectivity index (χ0v) is 12.8. The lowest BCUT2D eigenvalue weighted by atomic mass is 10.2. The predicted octanol–water partition coefficient (Wildman–Crippen LogP) is 3.46. The zero-order chi connectivity index (χ0) is 15.0. The highest BCUT2D eigenvalue weighted by atomic mass is 35.5. The van der Waals surface area contributed by atoms with E-state index in [4.69, 9.17) is 16.3 Å². The molecular weight excluding hydrogens is 288 g/mol. The normalized spacial score (nSPS) is 11.0. The van der Waals surface area contributed by atoms with Crippen molar-refractivity contribution in [1.29, 1.82) is 0 Å². The first-order chi connectivity index (χ1) is 10.1. The molecule has 0 aliphatic carbocycles. The number of hydrogen-bond donors (Lipinski definition) is 0. The molecule has 2 heterocycles. The fourth-order valence-corrected chi connectivity index (χ4v) is 2.41. The van der Waals surface area contributed by atoms with E-state index >= 15 is 0 Å². The molecule has 0 amide bonds. The molecule has 0 spiro atoms. The summed E-state index contributed by atoms with van der Waals surface area (Å²) in [5.74, 6) is 1.38. The van der Waals surface area contributed by atoms with Crippen LogP contribution in [0.15, 0.2) is 24.3 Å². The highest BCUT2D eigenvalue weighted by Crippen LogP contribution is 2.30. The molecule has 5 nitrogen and oxygen atoms in total. The lowest BCUT2D eigenvalue weighted by Gasteiger charge is -2.09. The molecule has 21 heavy (non-hydrogen) atoms. The summed E-state index contributed by atoms with van der Waals surface area (Å²) in [6, 6.07) is 7.70. The van der Waals surface area contributed by atoms with E-state index in [1.165, 1.54) is 0 Å². The fourth-order valence-electron chi connectivity index (χ4n) is 2.19. The smallest absolute Gasteiger partial charge is 0.189 e. The van der Waals surface area contributed by atoms with E-state index in [0.29, 0.717) is 23.2 Å². The monoisotopic (exact) mass is 302 g/mol. The molecule has 108 valence electrons. The molecule has 0 saturated heterocycles. The maximum absolute atomic E-state index is 6.19. The number of nitrogens with zero attached hydrogens (tertiary/aromatic N) is 4. The van der Waals surface area contributed by atoms with Crippen molar-refractivity contribution in [1.82, 2.24) is 19.8 Å². The lowest BCUT2D eigenvalue weighted by molar-refractivity contribution is 0.341. The Bertz CT molecular complexity index is 813. The van der Waals surface area contributed by atoms with Gasteiger partial charge in [0.05, 0.1) is 12.2 Å². The lowest BCUT2D eigenvalue weighted by Crippen LogP contribution is -2.01. The van der Waals surface area contributed by atoms with Gasteiger partial charge in [-0.15, -0.1) is 10.2 Å². The minimum atomic E-state index is 0.454. The van der Waals surface area contributed by atoms with Crippen LogP contribution in [0.5, 0.6) is 5.75 Å². The van der Waals surface area contributed by atoms with E-state index in [1.807, 2.05) is 45.0 Å². The van der Waals surface area contributed by atoms with Gasteiger partial charge in [0.25, 0.3) is 0 Å². The SMILES string of the molecule is CCOc1ccccc1-c1nnc2c(C)c(C)c(Cl)nn12. The van der Waals surface area contributed by atoms with Crippen molar-refractivity contribution in [3.05, 3.63) is 40.5 Å². The zero-order valence-electron chi connectivity index (χ0n) is 12.1. The van der Waals surface area contributed by atoms with Crippen molar-refractivity contribution < 1.29 is 4.74 Å². The minimum Gasteiger partial charge on any atom is -0.493 e. The number of fused-ring (bicyclic) bond motifs is 1.